The van der Waals surface area contributed by atoms with Gasteiger partial charge >= 0.3 is 6.01 Å². The summed E-state index contributed by atoms with van der Waals surface area (Å²) in [7, 11) is 15.3. The number of ether oxygens (including phenoxy) is 1. The van der Waals surface area contributed by atoms with E-state index in [2.05, 4.69) is 39.9 Å². The Bertz CT molecular complexity index is 1260. The van der Waals surface area contributed by atoms with E-state index in [1.165, 1.54) is 6.08 Å². The number of carbonyl (C=O) groups excluding carboxylic acids is 1. The van der Waals surface area contributed by atoms with Crippen molar-refractivity contribution in [3.05, 3.63) is 54.2 Å². The molecule has 3 atom stereocenters. The lowest BCUT2D eigenvalue weighted by molar-refractivity contribution is -0.125. The quantitative estimate of drug-likeness (QED) is 0.300. The Kier molecular flexibility index (Phi) is 6.93. The van der Waals surface area contributed by atoms with E-state index in [1.807, 2.05) is 38.2 Å². The molecule has 0 aliphatic carbocycles. The number of pyridine rings is 1. The van der Waals surface area contributed by atoms with Crippen molar-refractivity contribution in [3.8, 4) is 17.3 Å². The number of rotatable bonds is 6. The van der Waals surface area contributed by atoms with Gasteiger partial charge in [-0.3, -0.25) is 9.78 Å². The molecule has 2 aromatic heterocycles. The highest BCUT2D eigenvalue weighted by molar-refractivity contribution is 7.43. The van der Waals surface area contributed by atoms with Crippen molar-refractivity contribution in [1.29, 1.82) is 0 Å². The summed E-state index contributed by atoms with van der Waals surface area (Å²) in [6.45, 7) is 6.92. The smallest absolute Gasteiger partial charge is 0.318 e. The summed E-state index contributed by atoms with van der Waals surface area (Å²) >= 11 is 0. The first-order valence-electron chi connectivity index (χ1n) is 11.0. The average Bonchev–Trinajstić information content (AvgIpc) is 3.31. The maximum Gasteiger partial charge on any atom is 0.318 e. The van der Waals surface area contributed by atoms with Crippen molar-refractivity contribution >= 4 is 49.0 Å². The van der Waals surface area contributed by atoms with Crippen LogP contribution < -0.4 is 9.64 Å². The van der Waals surface area contributed by atoms with Crippen LogP contribution >= 0.6 is 18.5 Å². The maximum absolute atomic E-state index is 12.0. The highest BCUT2D eigenvalue weighted by Gasteiger charge is 2.30. The third kappa shape index (κ3) is 4.67. The van der Waals surface area contributed by atoms with Crippen LogP contribution in [-0.4, -0.2) is 66.9 Å². The van der Waals surface area contributed by atoms with Crippen LogP contribution in [-0.2, 0) is 9.59 Å². The monoisotopic (exact) mass is 491 g/mol. The first-order chi connectivity index (χ1) is 16.1. The van der Waals surface area contributed by atoms with E-state index in [0.717, 1.165) is 39.7 Å². The normalized spacial score (nSPS) is 16.0. The van der Waals surface area contributed by atoms with Crippen LogP contribution in [0.5, 0.6) is 6.01 Å². The number of aryl methyl sites for hydroxylation is 1. The number of likely N-dealkylation sites (N-methyl/N-ethyl adjacent to an activating group) is 1. The Labute approximate surface area is 206 Å². The first-order valence-corrected chi connectivity index (χ1v) is 12.1. The van der Waals surface area contributed by atoms with Gasteiger partial charge in [0.1, 0.15) is 5.82 Å². The summed E-state index contributed by atoms with van der Waals surface area (Å²) in [5.41, 5.74) is 4.49. The summed E-state index contributed by atoms with van der Waals surface area (Å²) < 4.78 is 5.42. The van der Waals surface area contributed by atoms with Crippen LogP contribution in [0.3, 0.4) is 0 Å². The molecule has 3 heterocycles. The third-order valence-corrected chi connectivity index (χ3v) is 6.81. The molecule has 1 aromatic carbocycles. The van der Waals surface area contributed by atoms with Crippen molar-refractivity contribution in [2.75, 3.05) is 32.1 Å². The van der Waals surface area contributed by atoms with E-state index in [0.29, 0.717) is 18.9 Å². The van der Waals surface area contributed by atoms with Gasteiger partial charge in [-0.05, 0) is 41.4 Å². The molecule has 0 bridgehead atoms. The van der Waals surface area contributed by atoms with Gasteiger partial charge in [0.05, 0.1) is 31.6 Å². The molecule has 1 aliphatic rings. The molecule has 1 fully saturated rings. The van der Waals surface area contributed by atoms with E-state index >= 15 is 0 Å². The van der Waals surface area contributed by atoms with E-state index in [4.69, 9.17) is 17.6 Å². The number of methoxy groups -OCH3 is 1. The molecule has 3 aromatic rings. The maximum atomic E-state index is 12.0. The average molecular weight is 491 g/mol. The molecular weight excluding hydrogens is 463 g/mol. The molecule has 34 heavy (non-hydrogen) atoms. The lowest BCUT2D eigenvalue weighted by atomic mass is 9.86. The largest absolute Gasteiger partial charge is 0.467 e. The fraction of sp³-hybridized carbons (Fsp3) is 0.333. The number of carbonyl (C=O) groups is 1. The summed E-state index contributed by atoms with van der Waals surface area (Å²) in [5.74, 6) is 0.661. The second kappa shape index (κ2) is 9.60. The Morgan fingerprint density at radius 1 is 1.38 bits per heavy atom. The minimum absolute atomic E-state index is 0.0551. The molecular formula is C24H28BN5O2P2. The molecule has 0 saturated carbocycles. The number of fused-ring (bicyclic) bond motifs is 1. The van der Waals surface area contributed by atoms with E-state index in [9.17, 15) is 4.79 Å². The fourth-order valence-electron chi connectivity index (χ4n) is 4.51. The highest BCUT2D eigenvalue weighted by atomic mass is 31.1. The van der Waals surface area contributed by atoms with Crippen molar-refractivity contribution in [3.63, 3.8) is 0 Å². The van der Waals surface area contributed by atoms with Gasteiger partial charge < -0.3 is 14.5 Å². The fourth-order valence-corrected chi connectivity index (χ4v) is 5.28. The van der Waals surface area contributed by atoms with Crippen LogP contribution in [0, 0.1) is 6.92 Å². The predicted molar refractivity (Wildman–Crippen MR) is 144 cm³/mol. The number of anilines is 1. The standard InChI is InChI=1S/C24H28BN5O2P2/c1-5-20(31)30-10-9-15(13-30)29(3)22-17-12-26-18(11-19(17)27-23(28-22)32-4)16-8-6-7-14(2)21(16)24(25,33)34/h5-8,11-12,15H,1,9-10,13,33-34H2,2-4H3. The Balaban J connectivity index is 1.79. The van der Waals surface area contributed by atoms with Gasteiger partial charge in [-0.15, -0.1) is 18.5 Å². The van der Waals surface area contributed by atoms with E-state index in [1.54, 1.807) is 18.2 Å². The zero-order valence-corrected chi connectivity index (χ0v) is 22.0. The molecule has 7 nitrogen and oxygen atoms in total. The van der Waals surface area contributed by atoms with Gasteiger partial charge in [0.25, 0.3) is 0 Å². The van der Waals surface area contributed by atoms with Gasteiger partial charge in [-0.2, -0.15) is 9.97 Å². The summed E-state index contributed by atoms with van der Waals surface area (Å²) in [4.78, 5) is 29.2. The second-order valence-electron chi connectivity index (χ2n) is 8.59. The molecule has 2 radical (unpaired) electrons. The van der Waals surface area contributed by atoms with Crippen molar-refractivity contribution in [1.82, 2.24) is 19.9 Å². The highest BCUT2D eigenvalue weighted by Crippen LogP contribution is 2.42. The van der Waals surface area contributed by atoms with Crippen LogP contribution in [0.4, 0.5) is 5.82 Å². The Morgan fingerprint density at radius 2 is 2.15 bits per heavy atom. The van der Waals surface area contributed by atoms with Gasteiger partial charge in [0.2, 0.25) is 5.91 Å². The van der Waals surface area contributed by atoms with Crippen LogP contribution in [0.2, 0.25) is 0 Å². The van der Waals surface area contributed by atoms with Crippen LogP contribution in [0.15, 0.2) is 43.1 Å². The second-order valence-corrected chi connectivity index (χ2v) is 11.2. The number of nitrogens with zero attached hydrogens (tertiary/aromatic N) is 5. The van der Waals surface area contributed by atoms with Gasteiger partial charge in [-0.1, -0.05) is 24.8 Å². The number of hydrogen-bond donors (Lipinski definition) is 0. The van der Waals surface area contributed by atoms with Gasteiger partial charge in [0.15, 0.2) is 0 Å². The van der Waals surface area contributed by atoms with Crippen molar-refractivity contribution in [2.45, 2.75) is 24.2 Å². The number of amides is 1. The molecule has 4 rings (SSSR count). The molecule has 174 valence electrons. The van der Waals surface area contributed by atoms with E-state index in [-0.39, 0.29) is 18.0 Å². The Morgan fingerprint density at radius 3 is 2.82 bits per heavy atom. The summed E-state index contributed by atoms with van der Waals surface area (Å²) in [6.07, 6.45) is 3.99. The van der Waals surface area contributed by atoms with Gasteiger partial charge in [-0.25, -0.2) is 0 Å². The number of hydrogen-bond acceptors (Lipinski definition) is 6. The Hall–Kier alpha value is -2.56. The lowest BCUT2D eigenvalue weighted by Gasteiger charge is -2.27. The number of benzene rings is 1. The number of likely N-dealkylation sites (tertiary alicyclic amines) is 1. The zero-order chi connectivity index (χ0) is 24.6. The SMILES string of the molecule is [B]C(P)(P)c1c(C)cccc1-c1cc2nc(OC)nc(N(C)C3CCN(C(=O)C=C)C3)c2cn1. The van der Waals surface area contributed by atoms with Crippen LogP contribution in [0.25, 0.3) is 22.2 Å². The van der Waals surface area contributed by atoms with Crippen LogP contribution in [0.1, 0.15) is 17.5 Å². The summed E-state index contributed by atoms with van der Waals surface area (Å²) in [6, 6.07) is 8.38. The predicted octanol–water partition coefficient (Wildman–Crippen LogP) is 3.26. The van der Waals surface area contributed by atoms with Gasteiger partial charge in [0, 0.05) is 37.9 Å². The molecule has 1 saturated heterocycles. The zero-order valence-electron chi connectivity index (χ0n) is 19.7. The minimum atomic E-state index is -0.691. The molecule has 1 aliphatic heterocycles. The molecule has 1 amide bonds. The third-order valence-electron chi connectivity index (χ3n) is 6.24. The van der Waals surface area contributed by atoms with Crippen molar-refractivity contribution in [2.24, 2.45) is 0 Å². The van der Waals surface area contributed by atoms with E-state index < -0.39 is 4.80 Å². The molecule has 0 N–H and O–H groups in total. The molecule has 10 heteroatoms. The topological polar surface area (TPSA) is 71.5 Å². The molecule has 0 spiro atoms. The minimum Gasteiger partial charge on any atom is -0.467 e. The van der Waals surface area contributed by atoms with Crippen molar-refractivity contribution < 1.29 is 9.53 Å². The number of aromatic nitrogens is 3. The lowest BCUT2D eigenvalue weighted by Crippen LogP contribution is -2.36. The summed E-state index contributed by atoms with van der Waals surface area (Å²) in [5, 5.41) is 0.811. The first kappa shape index (κ1) is 24.6. The molecule has 3 unspecified atom stereocenters.